The number of likely N-dealkylation sites (tertiary alicyclic amines) is 1. The molecule has 128 valence electrons. The van der Waals surface area contributed by atoms with Crippen LogP contribution in [0.15, 0.2) is 24.3 Å². The van der Waals surface area contributed by atoms with Crippen LogP contribution in [0.4, 0.5) is 26.3 Å². The number of nitrogens with zero attached hydrogens (tertiary/aromatic N) is 1. The number of benzene rings is 1. The number of alkyl halides is 6. The summed E-state index contributed by atoms with van der Waals surface area (Å²) in [5.74, 6) is -1.40. The van der Waals surface area contributed by atoms with E-state index in [0.717, 1.165) is 29.2 Å². The van der Waals surface area contributed by atoms with Crippen molar-refractivity contribution in [1.82, 2.24) is 4.90 Å². The minimum atomic E-state index is -4.88. The van der Waals surface area contributed by atoms with Crippen molar-refractivity contribution in [3.8, 4) is 5.75 Å². The van der Waals surface area contributed by atoms with Gasteiger partial charge in [-0.1, -0.05) is 0 Å². The fourth-order valence-corrected chi connectivity index (χ4v) is 2.48. The lowest BCUT2D eigenvalue weighted by molar-refractivity contribution is -0.274. The van der Waals surface area contributed by atoms with Gasteiger partial charge in [0, 0.05) is 12.1 Å². The number of hydrogen-bond acceptors (Lipinski definition) is 2. The molecule has 1 aliphatic heterocycles. The fourth-order valence-electron chi connectivity index (χ4n) is 2.48. The summed E-state index contributed by atoms with van der Waals surface area (Å²) in [6, 6.07) is 1.96. The van der Waals surface area contributed by atoms with Crippen LogP contribution in [0.3, 0.4) is 0 Å². The van der Waals surface area contributed by atoms with Crippen LogP contribution in [0.5, 0.6) is 5.75 Å². The van der Waals surface area contributed by atoms with E-state index in [9.17, 15) is 31.1 Å². The summed E-state index contributed by atoms with van der Waals surface area (Å²) in [5, 5.41) is 0. The highest BCUT2D eigenvalue weighted by molar-refractivity contribution is 5.94. The molecule has 0 radical (unpaired) electrons. The lowest BCUT2D eigenvalue weighted by atomic mass is 10.0. The van der Waals surface area contributed by atoms with E-state index < -0.39 is 30.2 Å². The van der Waals surface area contributed by atoms with Crippen molar-refractivity contribution in [3.05, 3.63) is 29.8 Å². The van der Waals surface area contributed by atoms with E-state index in [2.05, 4.69) is 4.74 Å². The average Bonchev–Trinajstić information content (AvgIpc) is 2.45. The molecule has 0 aliphatic carbocycles. The Labute approximate surface area is 127 Å². The third kappa shape index (κ3) is 4.52. The molecule has 1 amide bonds. The minimum Gasteiger partial charge on any atom is -0.406 e. The summed E-state index contributed by atoms with van der Waals surface area (Å²) in [4.78, 5) is 12.9. The van der Waals surface area contributed by atoms with Gasteiger partial charge in [-0.2, -0.15) is 13.2 Å². The number of halogens is 6. The van der Waals surface area contributed by atoms with Gasteiger partial charge in [-0.25, -0.2) is 0 Å². The molecule has 0 N–H and O–H groups in total. The first kappa shape index (κ1) is 17.4. The van der Waals surface area contributed by atoms with Crippen molar-refractivity contribution in [1.29, 1.82) is 0 Å². The Morgan fingerprint density at radius 2 is 1.65 bits per heavy atom. The van der Waals surface area contributed by atoms with Crippen molar-refractivity contribution in [3.63, 3.8) is 0 Å². The van der Waals surface area contributed by atoms with Gasteiger partial charge < -0.3 is 9.64 Å². The molecular weight excluding hydrogens is 328 g/mol. The van der Waals surface area contributed by atoms with Crippen LogP contribution in [-0.4, -0.2) is 35.9 Å². The van der Waals surface area contributed by atoms with Gasteiger partial charge in [0.05, 0.1) is 0 Å². The molecule has 1 unspecified atom stereocenters. The Morgan fingerprint density at radius 1 is 1.04 bits per heavy atom. The molecule has 1 heterocycles. The molecule has 1 aliphatic rings. The smallest absolute Gasteiger partial charge is 0.406 e. The maximum absolute atomic E-state index is 13.0. The van der Waals surface area contributed by atoms with Crippen LogP contribution < -0.4 is 4.74 Å². The Kier molecular flexibility index (Phi) is 4.76. The highest BCUT2D eigenvalue weighted by Crippen LogP contribution is 2.33. The van der Waals surface area contributed by atoms with Gasteiger partial charge in [0.15, 0.2) is 0 Å². The predicted octanol–water partition coefficient (Wildman–Crippen LogP) is 4.14. The number of amides is 1. The van der Waals surface area contributed by atoms with Gasteiger partial charge in [-0.05, 0) is 43.5 Å². The molecule has 0 bridgehead atoms. The molecule has 1 aromatic rings. The van der Waals surface area contributed by atoms with E-state index in [0.29, 0.717) is 12.8 Å². The number of carbonyl (C=O) groups is 1. The summed E-state index contributed by atoms with van der Waals surface area (Å²) < 4.78 is 78.7. The van der Waals surface area contributed by atoms with E-state index in [-0.39, 0.29) is 18.5 Å². The Balaban J connectivity index is 2.15. The number of hydrogen-bond donors (Lipinski definition) is 0. The van der Waals surface area contributed by atoms with Gasteiger partial charge in [-0.3, -0.25) is 4.79 Å². The molecule has 1 saturated heterocycles. The van der Waals surface area contributed by atoms with Gasteiger partial charge in [-0.15, -0.1) is 13.2 Å². The average molecular weight is 341 g/mol. The van der Waals surface area contributed by atoms with Crippen molar-refractivity contribution in [2.75, 3.05) is 6.54 Å². The fraction of sp³-hybridized carbons (Fsp3) is 0.500. The lowest BCUT2D eigenvalue weighted by Gasteiger charge is -2.36. The number of ether oxygens (including phenoxy) is 1. The molecular formula is C14H13F6NO2. The normalized spacial score (nSPS) is 19.6. The summed E-state index contributed by atoms with van der Waals surface area (Å²) in [7, 11) is 0. The maximum Gasteiger partial charge on any atom is 0.573 e. The van der Waals surface area contributed by atoms with Crippen molar-refractivity contribution < 1.29 is 35.9 Å². The first-order valence-corrected chi connectivity index (χ1v) is 6.81. The predicted molar refractivity (Wildman–Crippen MR) is 67.9 cm³/mol. The summed E-state index contributed by atoms with van der Waals surface area (Å²) >= 11 is 0. The molecule has 2 rings (SSSR count). The zero-order chi connectivity index (χ0) is 17.3. The molecule has 0 aromatic heterocycles. The van der Waals surface area contributed by atoms with Crippen molar-refractivity contribution in [2.24, 2.45) is 0 Å². The summed E-state index contributed by atoms with van der Waals surface area (Å²) in [5.41, 5.74) is -0.115. The summed E-state index contributed by atoms with van der Waals surface area (Å²) in [6.45, 7) is -0.0379. The molecule has 0 saturated carbocycles. The standard InChI is InChI=1S/C14H13F6NO2/c15-13(16,17)11-3-1-2-8-21(11)12(22)9-4-6-10(7-5-9)23-14(18,19)20/h4-7,11H,1-3,8H2. The molecule has 3 nitrogen and oxygen atoms in total. The Hall–Kier alpha value is -1.93. The first-order valence-electron chi connectivity index (χ1n) is 6.81. The van der Waals surface area contributed by atoms with Crippen molar-refractivity contribution >= 4 is 5.91 Å². The topological polar surface area (TPSA) is 29.5 Å². The number of piperidine rings is 1. The van der Waals surface area contributed by atoms with Crippen LogP contribution in [0.25, 0.3) is 0 Å². The van der Waals surface area contributed by atoms with E-state index in [1.165, 1.54) is 0 Å². The van der Waals surface area contributed by atoms with E-state index in [1.807, 2.05) is 0 Å². The molecule has 1 aromatic carbocycles. The number of rotatable bonds is 2. The zero-order valence-electron chi connectivity index (χ0n) is 11.7. The molecule has 0 spiro atoms. The highest BCUT2D eigenvalue weighted by Gasteiger charge is 2.46. The van der Waals surface area contributed by atoms with Gasteiger partial charge in [0.1, 0.15) is 11.8 Å². The van der Waals surface area contributed by atoms with Crippen LogP contribution in [-0.2, 0) is 0 Å². The van der Waals surface area contributed by atoms with Crippen LogP contribution in [0, 0.1) is 0 Å². The third-order valence-electron chi connectivity index (χ3n) is 3.48. The monoisotopic (exact) mass is 341 g/mol. The van der Waals surface area contributed by atoms with Gasteiger partial charge in [0.2, 0.25) is 0 Å². The van der Waals surface area contributed by atoms with Crippen LogP contribution in [0.1, 0.15) is 29.6 Å². The quantitative estimate of drug-likeness (QED) is 0.757. The van der Waals surface area contributed by atoms with E-state index in [1.54, 1.807) is 0 Å². The summed E-state index contributed by atoms with van der Waals surface area (Å²) in [6.07, 6.45) is -8.76. The molecule has 9 heteroatoms. The zero-order valence-corrected chi connectivity index (χ0v) is 11.7. The van der Waals surface area contributed by atoms with Gasteiger partial charge >= 0.3 is 12.5 Å². The third-order valence-corrected chi connectivity index (χ3v) is 3.48. The Bertz CT molecular complexity index is 552. The van der Waals surface area contributed by atoms with Crippen LogP contribution in [0.2, 0.25) is 0 Å². The molecule has 23 heavy (non-hydrogen) atoms. The van der Waals surface area contributed by atoms with E-state index >= 15 is 0 Å². The maximum atomic E-state index is 13.0. The second-order valence-corrected chi connectivity index (χ2v) is 5.12. The lowest BCUT2D eigenvalue weighted by Crippen LogP contribution is -2.51. The first-order chi connectivity index (χ1) is 10.6. The Morgan fingerprint density at radius 3 is 2.17 bits per heavy atom. The van der Waals surface area contributed by atoms with Gasteiger partial charge in [0.25, 0.3) is 5.91 Å². The largest absolute Gasteiger partial charge is 0.573 e. The van der Waals surface area contributed by atoms with E-state index in [4.69, 9.17) is 0 Å². The highest BCUT2D eigenvalue weighted by atomic mass is 19.4. The SMILES string of the molecule is O=C(c1ccc(OC(F)(F)F)cc1)N1CCCCC1C(F)(F)F. The molecule has 1 atom stereocenters. The minimum absolute atomic E-state index is 0.0379. The van der Waals surface area contributed by atoms with Crippen LogP contribution >= 0.6 is 0 Å². The second-order valence-electron chi connectivity index (χ2n) is 5.12. The second kappa shape index (κ2) is 6.29. The van der Waals surface area contributed by atoms with Crippen molar-refractivity contribution in [2.45, 2.75) is 37.8 Å². The molecule has 1 fully saturated rings. The number of carbonyl (C=O) groups excluding carboxylic acids is 1.